The summed E-state index contributed by atoms with van der Waals surface area (Å²) in [5, 5.41) is 20.8. The second-order valence-corrected chi connectivity index (χ2v) is 12.0. The molecule has 2 aromatic heterocycles. The van der Waals surface area contributed by atoms with Crippen LogP contribution < -0.4 is 11.1 Å². The number of carbonyl (C=O) groups excluding carboxylic acids is 4. The van der Waals surface area contributed by atoms with Crippen LogP contribution in [0.1, 0.15) is 43.2 Å². The largest absolute Gasteiger partial charge is 0.503 e. The Balaban J connectivity index is 0.000000211. The van der Waals surface area contributed by atoms with Gasteiger partial charge in [0.25, 0.3) is 11.8 Å². The Morgan fingerprint density at radius 3 is 1.33 bits per heavy atom. The predicted octanol–water partition coefficient (Wildman–Crippen LogP) is 6.12. The van der Waals surface area contributed by atoms with Crippen molar-refractivity contribution in [1.82, 2.24) is 14.5 Å². The molecule has 5 N–H and O–H groups in total. The van der Waals surface area contributed by atoms with E-state index in [1.165, 1.54) is 20.9 Å². The molecule has 0 radical (unpaired) electrons. The van der Waals surface area contributed by atoms with Gasteiger partial charge in [-0.1, -0.05) is 0 Å². The number of primary amides is 1. The molecule has 4 aromatic carbocycles. The number of hydrogen-bond donors (Lipinski definition) is 4. The van der Waals surface area contributed by atoms with E-state index in [4.69, 9.17) is 5.73 Å². The lowest BCUT2D eigenvalue weighted by atomic mass is 10.1. The van der Waals surface area contributed by atoms with Crippen LogP contribution in [0.4, 0.5) is 35.1 Å². The van der Waals surface area contributed by atoms with Crippen molar-refractivity contribution < 1.29 is 64.5 Å². The molecular formula is C37H26F8N4O6. The third-order valence-corrected chi connectivity index (χ3v) is 8.68. The molecule has 0 aliphatic rings. The van der Waals surface area contributed by atoms with Crippen LogP contribution in [-0.4, -0.2) is 50.0 Å². The first-order valence-electron chi connectivity index (χ1n) is 15.7. The SMILES string of the molecule is CNC(=O)Cc1c(C)n(C(=O)c2ccc(F)c(F)c2)c2cc(F)c(O)c(F)c12.Cc1c(CC(N)=O)c2c(F)c(O)c(F)cc2n1C(=O)c1ccc(F)c(F)c1. The minimum Gasteiger partial charge on any atom is -0.503 e. The van der Waals surface area contributed by atoms with Crippen LogP contribution in [0.2, 0.25) is 0 Å². The van der Waals surface area contributed by atoms with E-state index < -0.39 is 88.1 Å². The number of carbonyl (C=O) groups is 4. The van der Waals surface area contributed by atoms with Crippen LogP contribution in [-0.2, 0) is 22.4 Å². The van der Waals surface area contributed by atoms with Gasteiger partial charge in [-0.15, -0.1) is 0 Å². The fraction of sp³-hybridized carbons (Fsp3) is 0.135. The Morgan fingerprint density at radius 2 is 0.982 bits per heavy atom. The Kier molecular flexibility index (Phi) is 10.7. The summed E-state index contributed by atoms with van der Waals surface area (Å²) in [4.78, 5) is 48.8. The minimum absolute atomic E-state index is 0.0266. The molecule has 2 heterocycles. The molecule has 0 unspecified atom stereocenters. The smallest absolute Gasteiger partial charge is 0.262 e. The number of phenolic OH excluding ortho intramolecular Hbond substituents is 2. The summed E-state index contributed by atoms with van der Waals surface area (Å²) in [5.74, 6) is -15.9. The molecule has 0 saturated carbocycles. The summed E-state index contributed by atoms with van der Waals surface area (Å²) in [5.41, 5.74) is 4.23. The number of nitrogens with zero attached hydrogens (tertiary/aromatic N) is 2. The van der Waals surface area contributed by atoms with Gasteiger partial charge >= 0.3 is 0 Å². The van der Waals surface area contributed by atoms with Crippen molar-refractivity contribution in [3.63, 3.8) is 0 Å². The topological polar surface area (TPSA) is 157 Å². The number of phenols is 2. The van der Waals surface area contributed by atoms with E-state index in [1.807, 2.05) is 0 Å². The van der Waals surface area contributed by atoms with E-state index >= 15 is 0 Å². The molecule has 2 amide bonds. The molecule has 6 aromatic rings. The van der Waals surface area contributed by atoms with Crippen molar-refractivity contribution in [2.75, 3.05) is 7.05 Å². The molecule has 0 fully saturated rings. The average Bonchev–Trinajstić information content (AvgIpc) is 3.56. The Labute approximate surface area is 304 Å². The fourth-order valence-corrected chi connectivity index (χ4v) is 6.01. The summed E-state index contributed by atoms with van der Waals surface area (Å²) in [6.45, 7) is 2.74. The average molecular weight is 775 g/mol. The molecule has 0 atom stereocenters. The maximum atomic E-state index is 14.6. The highest BCUT2D eigenvalue weighted by Crippen LogP contribution is 2.37. The standard InChI is InChI=1S/C19H14F4N2O3.C18H12F4N2O3/c1-8-10(6-15(26)24-2)16-14(7-13(22)18(27)17(16)23)25(8)19(28)9-3-4-11(20)12(21)5-9;1-7-9(5-14(23)25)15-13(6-12(21)17(26)16(15)22)24(7)18(27)8-2-3-10(19)11(20)4-8/h3-5,7,27H,6H2,1-2H3,(H,24,26);2-4,6,26H,5H2,1H3,(H2,23,25). The number of fused-ring (bicyclic) bond motifs is 2. The zero-order chi connectivity index (χ0) is 40.8. The number of nitrogens with one attached hydrogen (secondary N) is 1. The Hall–Kier alpha value is -6.72. The molecule has 0 aliphatic carbocycles. The molecule has 0 saturated heterocycles. The molecule has 0 bridgehead atoms. The monoisotopic (exact) mass is 774 g/mol. The summed E-state index contributed by atoms with van der Waals surface area (Å²) in [6.07, 6.45) is -0.832. The fourth-order valence-electron chi connectivity index (χ4n) is 6.01. The van der Waals surface area contributed by atoms with Crippen molar-refractivity contribution in [1.29, 1.82) is 0 Å². The van der Waals surface area contributed by atoms with E-state index in [1.54, 1.807) is 0 Å². The molecular weight excluding hydrogens is 748 g/mol. The van der Waals surface area contributed by atoms with Crippen molar-refractivity contribution in [2.24, 2.45) is 5.73 Å². The van der Waals surface area contributed by atoms with Gasteiger partial charge in [0.1, 0.15) is 0 Å². The Morgan fingerprint density at radius 1 is 0.600 bits per heavy atom. The number of rotatable bonds is 6. The number of hydrogen-bond acceptors (Lipinski definition) is 6. The van der Waals surface area contributed by atoms with E-state index in [2.05, 4.69) is 5.32 Å². The number of likely N-dealkylation sites (N-methyl/N-ethyl adjacent to an activating group) is 1. The lowest BCUT2D eigenvalue weighted by Gasteiger charge is -2.08. The number of aromatic hydroxyl groups is 2. The van der Waals surface area contributed by atoms with Gasteiger partial charge in [-0.3, -0.25) is 28.3 Å². The number of benzene rings is 4. The summed E-state index contributed by atoms with van der Waals surface area (Å²) >= 11 is 0. The van der Waals surface area contributed by atoms with Gasteiger partial charge in [0.15, 0.2) is 58.0 Å². The molecule has 0 aliphatic heterocycles. The molecule has 55 heavy (non-hydrogen) atoms. The van der Waals surface area contributed by atoms with E-state index in [-0.39, 0.29) is 61.9 Å². The highest BCUT2D eigenvalue weighted by molar-refractivity contribution is 6.06. The third kappa shape index (κ3) is 7.05. The maximum absolute atomic E-state index is 14.6. The van der Waals surface area contributed by atoms with Crippen molar-refractivity contribution >= 4 is 45.4 Å². The third-order valence-electron chi connectivity index (χ3n) is 8.68. The van der Waals surface area contributed by atoms with Crippen molar-refractivity contribution in [3.05, 3.63) is 129 Å². The van der Waals surface area contributed by atoms with Crippen LogP contribution in [0.25, 0.3) is 21.8 Å². The number of aromatic nitrogens is 2. The number of nitrogens with two attached hydrogens (primary N) is 1. The Bertz CT molecular complexity index is 2620. The highest BCUT2D eigenvalue weighted by atomic mass is 19.2. The van der Waals surface area contributed by atoms with Crippen LogP contribution in [0.3, 0.4) is 0 Å². The zero-order valence-electron chi connectivity index (χ0n) is 28.6. The van der Waals surface area contributed by atoms with Gasteiger partial charge in [0.2, 0.25) is 11.8 Å². The van der Waals surface area contributed by atoms with E-state index in [0.29, 0.717) is 18.2 Å². The van der Waals surface area contributed by atoms with Crippen molar-refractivity contribution in [2.45, 2.75) is 26.7 Å². The maximum Gasteiger partial charge on any atom is 0.262 e. The van der Waals surface area contributed by atoms with Crippen LogP contribution in [0.15, 0.2) is 48.5 Å². The first-order valence-corrected chi connectivity index (χ1v) is 15.7. The predicted molar refractivity (Wildman–Crippen MR) is 179 cm³/mol. The molecule has 18 heteroatoms. The van der Waals surface area contributed by atoms with E-state index in [9.17, 15) is 64.5 Å². The summed E-state index contributed by atoms with van der Waals surface area (Å²) < 4.78 is 112. The summed E-state index contributed by atoms with van der Waals surface area (Å²) in [7, 11) is 1.36. The molecule has 10 nitrogen and oxygen atoms in total. The normalized spacial score (nSPS) is 11.1. The van der Waals surface area contributed by atoms with Gasteiger partial charge in [0.05, 0.1) is 23.9 Å². The minimum atomic E-state index is -1.36. The van der Waals surface area contributed by atoms with Crippen molar-refractivity contribution in [3.8, 4) is 11.5 Å². The number of halogens is 8. The van der Waals surface area contributed by atoms with Crippen LogP contribution in [0, 0.1) is 60.4 Å². The zero-order valence-corrected chi connectivity index (χ0v) is 28.6. The van der Waals surface area contributed by atoms with Gasteiger partial charge in [-0.25, -0.2) is 35.1 Å². The van der Waals surface area contributed by atoms with Crippen LogP contribution >= 0.6 is 0 Å². The first kappa shape index (κ1) is 39.5. The second kappa shape index (κ2) is 15.0. The van der Waals surface area contributed by atoms with Gasteiger partial charge in [0, 0.05) is 52.5 Å². The quantitative estimate of drug-likeness (QED) is 0.150. The molecule has 286 valence electrons. The summed E-state index contributed by atoms with van der Waals surface area (Å²) in [6, 6.07) is 6.28. The van der Waals surface area contributed by atoms with Gasteiger partial charge < -0.3 is 21.3 Å². The van der Waals surface area contributed by atoms with E-state index in [0.717, 1.165) is 39.5 Å². The second-order valence-electron chi connectivity index (χ2n) is 12.0. The number of amides is 2. The highest BCUT2D eigenvalue weighted by Gasteiger charge is 2.29. The van der Waals surface area contributed by atoms with Crippen LogP contribution in [0.5, 0.6) is 11.5 Å². The first-order chi connectivity index (χ1) is 25.8. The lowest BCUT2D eigenvalue weighted by Crippen LogP contribution is -2.21. The van der Waals surface area contributed by atoms with Gasteiger partial charge in [-0.05, 0) is 61.4 Å². The molecule has 6 rings (SSSR count). The van der Waals surface area contributed by atoms with Gasteiger partial charge in [-0.2, -0.15) is 0 Å². The molecule has 0 spiro atoms. The lowest BCUT2D eigenvalue weighted by molar-refractivity contribution is -0.120.